The van der Waals surface area contributed by atoms with Crippen molar-refractivity contribution in [1.29, 1.82) is 5.26 Å². The number of fused-ring (bicyclic) bond motifs is 1. The Hall–Kier alpha value is -3.72. The van der Waals surface area contributed by atoms with Gasteiger partial charge in [0.25, 0.3) is 5.88 Å². The van der Waals surface area contributed by atoms with Crippen molar-refractivity contribution in [3.05, 3.63) is 66.1 Å². The minimum Gasteiger partial charge on any atom is -0.459 e. The summed E-state index contributed by atoms with van der Waals surface area (Å²) in [6, 6.07) is 11.5. The number of hydrogen-bond donors (Lipinski definition) is 0. The van der Waals surface area contributed by atoms with Gasteiger partial charge in [-0.05, 0) is 49.2 Å². The Labute approximate surface area is 149 Å². The van der Waals surface area contributed by atoms with Crippen LogP contribution in [0.1, 0.15) is 17.0 Å². The summed E-state index contributed by atoms with van der Waals surface area (Å²) in [6.45, 7) is 3.82. The molecule has 6 nitrogen and oxygen atoms in total. The quantitative estimate of drug-likeness (QED) is 0.542. The van der Waals surface area contributed by atoms with Gasteiger partial charge in [0.2, 0.25) is 0 Å². The minimum absolute atomic E-state index is 0.358. The summed E-state index contributed by atoms with van der Waals surface area (Å²) in [5.74, 6) is 1.05. The predicted molar refractivity (Wildman–Crippen MR) is 95.7 cm³/mol. The Morgan fingerprint density at radius 1 is 1.08 bits per heavy atom. The van der Waals surface area contributed by atoms with E-state index >= 15 is 0 Å². The van der Waals surface area contributed by atoms with E-state index in [0.29, 0.717) is 22.9 Å². The van der Waals surface area contributed by atoms with Crippen LogP contribution < -0.4 is 4.74 Å². The Kier molecular flexibility index (Phi) is 3.82. The van der Waals surface area contributed by atoms with Crippen molar-refractivity contribution >= 4 is 11.0 Å². The molecule has 3 heterocycles. The van der Waals surface area contributed by atoms with Gasteiger partial charge < -0.3 is 9.15 Å². The second-order valence-electron chi connectivity index (χ2n) is 5.83. The van der Waals surface area contributed by atoms with Crippen LogP contribution in [0.3, 0.4) is 0 Å². The highest BCUT2D eigenvalue weighted by Crippen LogP contribution is 2.33. The number of aromatic nitrogens is 3. The van der Waals surface area contributed by atoms with Crippen LogP contribution in [0.15, 0.2) is 53.5 Å². The van der Waals surface area contributed by atoms with Crippen molar-refractivity contribution in [1.82, 2.24) is 15.0 Å². The molecule has 0 spiro atoms. The summed E-state index contributed by atoms with van der Waals surface area (Å²) < 4.78 is 11.4. The highest BCUT2D eigenvalue weighted by molar-refractivity contribution is 5.81. The molecule has 0 amide bonds. The lowest BCUT2D eigenvalue weighted by molar-refractivity contribution is 0.454. The molecule has 0 aliphatic carbocycles. The van der Waals surface area contributed by atoms with Gasteiger partial charge in [-0.15, -0.1) is 0 Å². The molecule has 0 fully saturated rings. The predicted octanol–water partition coefficient (Wildman–Crippen LogP) is 4.57. The van der Waals surface area contributed by atoms with Crippen LogP contribution in [0.2, 0.25) is 0 Å². The molecule has 0 bridgehead atoms. The fourth-order valence-electron chi connectivity index (χ4n) is 2.91. The average molecular weight is 342 g/mol. The van der Waals surface area contributed by atoms with Crippen molar-refractivity contribution in [3.63, 3.8) is 0 Å². The fraction of sp³-hybridized carbons (Fsp3) is 0.100. The Morgan fingerprint density at radius 3 is 2.77 bits per heavy atom. The SMILES string of the molecule is Cc1cc(Oc2nccc3ccoc23)ccc1-c1c(C)ncnc1C#N. The number of ether oxygens (including phenoxy) is 1. The normalized spacial score (nSPS) is 10.7. The third-order valence-electron chi connectivity index (χ3n) is 4.16. The van der Waals surface area contributed by atoms with Crippen LogP contribution in [0, 0.1) is 25.2 Å². The van der Waals surface area contributed by atoms with Gasteiger partial charge in [-0.1, -0.05) is 6.07 Å². The maximum atomic E-state index is 9.34. The Balaban J connectivity index is 1.74. The summed E-state index contributed by atoms with van der Waals surface area (Å²) >= 11 is 0. The van der Waals surface area contributed by atoms with Gasteiger partial charge in [0.15, 0.2) is 11.3 Å². The Bertz CT molecular complexity index is 1160. The molecule has 0 saturated heterocycles. The first-order valence-corrected chi connectivity index (χ1v) is 8.00. The lowest BCUT2D eigenvalue weighted by atomic mass is 9.98. The molecule has 0 saturated carbocycles. The molecule has 1 aromatic carbocycles. The van der Waals surface area contributed by atoms with E-state index in [2.05, 4.69) is 21.0 Å². The first-order valence-electron chi connectivity index (χ1n) is 8.00. The number of nitrogens with zero attached hydrogens (tertiary/aromatic N) is 4. The highest BCUT2D eigenvalue weighted by Gasteiger charge is 2.14. The number of rotatable bonds is 3. The van der Waals surface area contributed by atoms with E-state index in [-0.39, 0.29) is 0 Å². The number of furan rings is 1. The Morgan fingerprint density at radius 2 is 1.96 bits per heavy atom. The molecule has 0 aliphatic heterocycles. The topological polar surface area (TPSA) is 84.8 Å². The smallest absolute Gasteiger partial charge is 0.263 e. The number of aryl methyl sites for hydroxylation is 2. The first-order chi connectivity index (χ1) is 12.7. The molecule has 0 unspecified atom stereocenters. The third-order valence-corrected chi connectivity index (χ3v) is 4.16. The maximum absolute atomic E-state index is 9.34. The van der Waals surface area contributed by atoms with Crippen molar-refractivity contribution in [2.24, 2.45) is 0 Å². The zero-order valence-electron chi connectivity index (χ0n) is 14.2. The van der Waals surface area contributed by atoms with Crippen LogP contribution in [-0.2, 0) is 0 Å². The molecule has 26 heavy (non-hydrogen) atoms. The van der Waals surface area contributed by atoms with Crippen LogP contribution in [0.4, 0.5) is 0 Å². The number of pyridine rings is 1. The lowest BCUT2D eigenvalue weighted by Crippen LogP contribution is -1.97. The van der Waals surface area contributed by atoms with Gasteiger partial charge in [-0.2, -0.15) is 5.26 Å². The molecule has 6 heteroatoms. The molecular weight excluding hydrogens is 328 g/mol. The van der Waals surface area contributed by atoms with Crippen LogP contribution in [0.5, 0.6) is 11.6 Å². The molecule has 0 radical (unpaired) electrons. The standard InChI is InChI=1S/C20H14N4O2/c1-12-9-15(26-20-19-14(5-7-22-20)6-8-25-19)3-4-16(12)18-13(2)23-11-24-17(18)10-21/h3-9,11H,1-2H3. The summed E-state index contributed by atoms with van der Waals surface area (Å²) in [5, 5.41) is 10.3. The van der Waals surface area contributed by atoms with Crippen molar-refractivity contribution in [3.8, 4) is 28.8 Å². The second-order valence-corrected chi connectivity index (χ2v) is 5.83. The third kappa shape index (κ3) is 2.66. The molecule has 0 N–H and O–H groups in total. The largest absolute Gasteiger partial charge is 0.459 e. The molecule has 126 valence electrons. The van der Waals surface area contributed by atoms with Crippen LogP contribution in [0.25, 0.3) is 22.1 Å². The summed E-state index contributed by atoms with van der Waals surface area (Å²) in [7, 11) is 0. The van der Waals surface area contributed by atoms with E-state index in [4.69, 9.17) is 9.15 Å². The van der Waals surface area contributed by atoms with E-state index in [1.807, 2.05) is 44.2 Å². The maximum Gasteiger partial charge on any atom is 0.263 e. The van der Waals surface area contributed by atoms with E-state index < -0.39 is 0 Å². The van der Waals surface area contributed by atoms with E-state index in [1.165, 1.54) is 6.33 Å². The van der Waals surface area contributed by atoms with E-state index in [1.54, 1.807) is 12.5 Å². The van der Waals surface area contributed by atoms with Gasteiger partial charge in [-0.25, -0.2) is 15.0 Å². The van der Waals surface area contributed by atoms with Crippen molar-refractivity contribution in [2.45, 2.75) is 13.8 Å². The number of benzene rings is 1. The van der Waals surface area contributed by atoms with Crippen molar-refractivity contribution in [2.75, 3.05) is 0 Å². The van der Waals surface area contributed by atoms with Gasteiger partial charge in [0.1, 0.15) is 18.1 Å². The van der Waals surface area contributed by atoms with Gasteiger partial charge in [0, 0.05) is 22.8 Å². The zero-order valence-corrected chi connectivity index (χ0v) is 14.2. The molecular formula is C20H14N4O2. The molecule has 0 atom stereocenters. The van der Waals surface area contributed by atoms with Crippen LogP contribution >= 0.6 is 0 Å². The van der Waals surface area contributed by atoms with E-state index in [0.717, 1.165) is 27.8 Å². The summed E-state index contributed by atoms with van der Waals surface area (Å²) in [4.78, 5) is 12.5. The van der Waals surface area contributed by atoms with Gasteiger partial charge in [-0.3, -0.25) is 0 Å². The summed E-state index contributed by atoms with van der Waals surface area (Å²) in [6.07, 6.45) is 4.69. The molecule has 3 aromatic heterocycles. The molecule has 4 aromatic rings. The first kappa shape index (κ1) is 15.8. The minimum atomic E-state index is 0.358. The fourth-order valence-corrected chi connectivity index (χ4v) is 2.91. The monoisotopic (exact) mass is 342 g/mol. The molecule has 0 aliphatic rings. The van der Waals surface area contributed by atoms with E-state index in [9.17, 15) is 5.26 Å². The van der Waals surface area contributed by atoms with Gasteiger partial charge >= 0.3 is 0 Å². The number of nitriles is 1. The highest BCUT2D eigenvalue weighted by atomic mass is 16.5. The lowest BCUT2D eigenvalue weighted by Gasteiger charge is -2.12. The van der Waals surface area contributed by atoms with Gasteiger partial charge in [0.05, 0.1) is 6.26 Å². The second kappa shape index (κ2) is 6.30. The summed E-state index contributed by atoms with van der Waals surface area (Å²) in [5.41, 5.74) is 4.31. The van der Waals surface area contributed by atoms with Crippen molar-refractivity contribution < 1.29 is 9.15 Å². The molecule has 4 rings (SSSR count). The average Bonchev–Trinajstić information content (AvgIpc) is 3.12. The number of hydrogen-bond acceptors (Lipinski definition) is 6. The van der Waals surface area contributed by atoms with Crippen LogP contribution in [-0.4, -0.2) is 15.0 Å². The zero-order chi connectivity index (χ0) is 18.1.